The van der Waals surface area contributed by atoms with Crippen LogP contribution in [0.25, 0.3) is 0 Å². The van der Waals surface area contributed by atoms with E-state index in [9.17, 15) is 18.0 Å². The number of aryl methyl sites for hydroxylation is 2. The number of halogens is 3. The number of fused-ring (bicyclic) bond motifs is 1. The quantitative estimate of drug-likeness (QED) is 0.783. The molecule has 0 spiro atoms. The van der Waals surface area contributed by atoms with Gasteiger partial charge in [-0.2, -0.15) is 13.2 Å². The van der Waals surface area contributed by atoms with Gasteiger partial charge in [-0.1, -0.05) is 6.07 Å². The molecule has 0 unspecified atom stereocenters. The number of piperazine rings is 1. The van der Waals surface area contributed by atoms with E-state index >= 15 is 0 Å². The fourth-order valence-electron chi connectivity index (χ4n) is 3.80. The summed E-state index contributed by atoms with van der Waals surface area (Å²) in [6, 6.07) is 8.40. The van der Waals surface area contributed by atoms with Gasteiger partial charge in [0.05, 0.1) is 5.56 Å². The Kier molecular flexibility index (Phi) is 5.34. The van der Waals surface area contributed by atoms with Crippen LogP contribution in [-0.2, 0) is 23.8 Å². The number of rotatable bonds is 4. The third-order valence-electron chi connectivity index (χ3n) is 5.46. The fourth-order valence-corrected chi connectivity index (χ4v) is 3.80. The van der Waals surface area contributed by atoms with Crippen LogP contribution in [0.2, 0.25) is 0 Å². The van der Waals surface area contributed by atoms with E-state index in [2.05, 4.69) is 11.1 Å². The Morgan fingerprint density at radius 3 is 2.48 bits per heavy atom. The number of carbonyl (C=O) groups is 1. The third-order valence-corrected chi connectivity index (χ3v) is 5.46. The number of pyridine rings is 1. The second-order valence-electron chi connectivity index (χ2n) is 7.34. The molecule has 1 aliphatic heterocycles. The molecule has 2 heterocycles. The van der Waals surface area contributed by atoms with Crippen LogP contribution in [-0.4, -0.2) is 48.6 Å². The number of amides is 1. The summed E-state index contributed by atoms with van der Waals surface area (Å²) in [5.41, 5.74) is 1.89. The lowest BCUT2D eigenvalue weighted by Gasteiger charge is -2.35. The summed E-state index contributed by atoms with van der Waals surface area (Å²) >= 11 is 0. The van der Waals surface area contributed by atoms with Gasteiger partial charge in [-0.15, -0.1) is 0 Å². The van der Waals surface area contributed by atoms with Crippen LogP contribution in [0.3, 0.4) is 0 Å². The first-order valence-corrected chi connectivity index (χ1v) is 9.71. The highest BCUT2D eigenvalue weighted by atomic mass is 19.4. The van der Waals surface area contributed by atoms with Gasteiger partial charge in [0.2, 0.25) is 0 Å². The Morgan fingerprint density at radius 1 is 1.03 bits per heavy atom. The Bertz CT molecular complexity index is 876. The molecular formula is C21H22F3N3O2. The smallest absolute Gasteiger partial charge is 0.417 e. The average Bonchev–Trinajstić information content (AvgIpc) is 3.19. The summed E-state index contributed by atoms with van der Waals surface area (Å²) in [6.07, 6.45) is -0.227. The minimum atomic E-state index is -4.39. The topological polar surface area (TPSA) is 45.7 Å². The lowest BCUT2D eigenvalue weighted by atomic mass is 10.1. The minimum absolute atomic E-state index is 0.0166. The summed E-state index contributed by atoms with van der Waals surface area (Å²) in [4.78, 5) is 20.0. The molecule has 0 atom stereocenters. The van der Waals surface area contributed by atoms with E-state index in [1.807, 2.05) is 17.0 Å². The van der Waals surface area contributed by atoms with Gasteiger partial charge in [0.1, 0.15) is 11.6 Å². The highest BCUT2D eigenvalue weighted by Crippen LogP contribution is 2.29. The summed E-state index contributed by atoms with van der Waals surface area (Å²) in [5, 5.41) is 0. The van der Waals surface area contributed by atoms with Gasteiger partial charge in [-0.3, -0.25) is 4.79 Å². The second kappa shape index (κ2) is 7.93. The Hall–Kier alpha value is -2.77. The van der Waals surface area contributed by atoms with E-state index in [-0.39, 0.29) is 12.5 Å². The molecule has 1 amide bonds. The summed E-state index contributed by atoms with van der Waals surface area (Å²) < 4.78 is 43.6. The first-order valence-electron chi connectivity index (χ1n) is 9.71. The number of alkyl halides is 3. The van der Waals surface area contributed by atoms with Crippen molar-refractivity contribution >= 4 is 11.7 Å². The van der Waals surface area contributed by atoms with E-state index in [0.717, 1.165) is 31.5 Å². The predicted octanol–water partition coefficient (Wildman–Crippen LogP) is 3.32. The van der Waals surface area contributed by atoms with Crippen LogP contribution in [0.15, 0.2) is 36.5 Å². The number of carbonyl (C=O) groups excluding carboxylic acids is 1. The van der Waals surface area contributed by atoms with Crippen molar-refractivity contribution in [2.75, 3.05) is 37.7 Å². The molecule has 1 fully saturated rings. The van der Waals surface area contributed by atoms with Crippen molar-refractivity contribution in [3.05, 3.63) is 53.2 Å². The van der Waals surface area contributed by atoms with Gasteiger partial charge in [0.15, 0.2) is 6.61 Å². The SMILES string of the molecule is O=C(COc1ccc2c(c1)CCC2)N1CCN(c2ccc(C(F)(F)F)cn2)CC1. The lowest BCUT2D eigenvalue weighted by molar-refractivity contribution is -0.138. The molecular weight excluding hydrogens is 383 g/mol. The van der Waals surface area contributed by atoms with Crippen LogP contribution in [0, 0.1) is 0 Å². The molecule has 0 N–H and O–H groups in total. The van der Waals surface area contributed by atoms with Crippen molar-refractivity contribution in [1.29, 1.82) is 0 Å². The van der Waals surface area contributed by atoms with Crippen LogP contribution >= 0.6 is 0 Å². The molecule has 5 nitrogen and oxygen atoms in total. The zero-order chi connectivity index (χ0) is 20.4. The molecule has 0 radical (unpaired) electrons. The van der Waals surface area contributed by atoms with E-state index in [0.29, 0.717) is 37.7 Å². The molecule has 154 valence electrons. The molecule has 8 heteroatoms. The number of aromatic nitrogens is 1. The van der Waals surface area contributed by atoms with Crippen molar-refractivity contribution < 1.29 is 22.7 Å². The van der Waals surface area contributed by atoms with Crippen molar-refractivity contribution in [2.45, 2.75) is 25.4 Å². The molecule has 1 aliphatic carbocycles. The second-order valence-corrected chi connectivity index (χ2v) is 7.34. The van der Waals surface area contributed by atoms with E-state index in [1.54, 1.807) is 4.90 Å². The van der Waals surface area contributed by atoms with E-state index in [1.165, 1.54) is 17.2 Å². The predicted molar refractivity (Wildman–Crippen MR) is 102 cm³/mol. The van der Waals surface area contributed by atoms with Gasteiger partial charge < -0.3 is 14.5 Å². The maximum Gasteiger partial charge on any atom is 0.417 e. The van der Waals surface area contributed by atoms with Gasteiger partial charge in [0, 0.05) is 32.4 Å². The molecule has 1 aromatic carbocycles. The Labute approximate surface area is 167 Å². The van der Waals surface area contributed by atoms with E-state index < -0.39 is 11.7 Å². The molecule has 0 bridgehead atoms. The van der Waals surface area contributed by atoms with Crippen molar-refractivity contribution in [3.63, 3.8) is 0 Å². The highest BCUT2D eigenvalue weighted by Gasteiger charge is 2.31. The molecule has 29 heavy (non-hydrogen) atoms. The average molecular weight is 405 g/mol. The summed E-state index contributed by atoms with van der Waals surface area (Å²) in [6.45, 7) is 1.98. The summed E-state index contributed by atoms with van der Waals surface area (Å²) in [7, 11) is 0. The fraction of sp³-hybridized carbons (Fsp3) is 0.429. The number of hydrogen-bond acceptors (Lipinski definition) is 4. The number of hydrogen-bond donors (Lipinski definition) is 0. The molecule has 2 aliphatic rings. The normalized spacial score (nSPS) is 16.7. The molecule has 2 aromatic rings. The monoisotopic (exact) mass is 405 g/mol. The first kappa shape index (κ1) is 19.5. The zero-order valence-electron chi connectivity index (χ0n) is 15.9. The molecule has 1 aromatic heterocycles. The maximum absolute atomic E-state index is 12.7. The van der Waals surface area contributed by atoms with Crippen LogP contribution < -0.4 is 9.64 Å². The number of nitrogens with zero attached hydrogens (tertiary/aromatic N) is 3. The largest absolute Gasteiger partial charge is 0.484 e. The molecule has 0 saturated carbocycles. The van der Waals surface area contributed by atoms with Gasteiger partial charge in [-0.25, -0.2) is 4.98 Å². The number of benzene rings is 1. The van der Waals surface area contributed by atoms with Crippen molar-refractivity contribution in [3.8, 4) is 5.75 Å². The van der Waals surface area contributed by atoms with Crippen LogP contribution in [0.5, 0.6) is 5.75 Å². The third kappa shape index (κ3) is 4.46. The van der Waals surface area contributed by atoms with Crippen molar-refractivity contribution in [1.82, 2.24) is 9.88 Å². The Morgan fingerprint density at radius 2 is 1.79 bits per heavy atom. The van der Waals surface area contributed by atoms with Crippen LogP contribution in [0.4, 0.5) is 19.0 Å². The van der Waals surface area contributed by atoms with Gasteiger partial charge in [0.25, 0.3) is 5.91 Å². The van der Waals surface area contributed by atoms with Gasteiger partial charge in [-0.05, 0) is 54.7 Å². The van der Waals surface area contributed by atoms with E-state index in [4.69, 9.17) is 4.74 Å². The maximum atomic E-state index is 12.7. The summed E-state index contributed by atoms with van der Waals surface area (Å²) in [5.74, 6) is 1.11. The minimum Gasteiger partial charge on any atom is -0.484 e. The standard InChI is InChI=1S/C21H22F3N3O2/c22-21(23,24)17-5-7-19(25-13-17)26-8-10-27(11-9-26)20(28)14-29-18-6-4-15-2-1-3-16(15)12-18/h4-7,12-13H,1-3,8-11,14H2. The zero-order valence-corrected chi connectivity index (χ0v) is 15.9. The number of anilines is 1. The molecule has 1 saturated heterocycles. The highest BCUT2D eigenvalue weighted by molar-refractivity contribution is 5.78. The lowest BCUT2D eigenvalue weighted by Crippen LogP contribution is -2.50. The molecule has 4 rings (SSSR count). The van der Waals surface area contributed by atoms with Crippen LogP contribution in [0.1, 0.15) is 23.1 Å². The van der Waals surface area contributed by atoms with Gasteiger partial charge >= 0.3 is 6.18 Å². The first-order chi connectivity index (χ1) is 13.9. The van der Waals surface area contributed by atoms with Crippen molar-refractivity contribution in [2.24, 2.45) is 0 Å². The Balaban J connectivity index is 1.27. The number of ether oxygens (including phenoxy) is 1.